The number of nitrogens with zero attached hydrogens (tertiary/aromatic N) is 5. The molecule has 49 heavy (non-hydrogen) atoms. The number of imide groups is 1. The Morgan fingerprint density at radius 3 is 2.76 bits per heavy atom. The second-order valence-electron chi connectivity index (χ2n) is 13.7. The Bertz CT molecular complexity index is 1970. The molecule has 1 saturated carbocycles. The zero-order chi connectivity index (χ0) is 34.6. The number of pyridine rings is 1. The standard InChI is InChI=1S/C36H39F3N6O4/c1-4-25-28(38)7-6-21-12-24(47)13-26(29(21)25)31-30(39)32-27(16-40-31)33(41-15-20-10-22(11-20)34(48)44(3)19(2)46)43-35(42-32)49-18-36-8-5-9-45(36)17-23(37)14-36/h6-7,12-13,16,20,22-23,47H,4-5,8-11,14-15,17-18H2,1-3H3,(H,41,42,43)/t20?,22?,23-,36+/m1/s1. The lowest BCUT2D eigenvalue weighted by Gasteiger charge is -2.36. The van der Waals surface area contributed by atoms with Crippen molar-refractivity contribution in [2.24, 2.45) is 11.8 Å². The highest BCUT2D eigenvalue weighted by Crippen LogP contribution is 2.42. The Kier molecular flexibility index (Phi) is 8.58. The minimum absolute atomic E-state index is 0.0799. The van der Waals surface area contributed by atoms with Gasteiger partial charge in [0.05, 0.1) is 10.9 Å². The number of aryl methyl sites for hydroxylation is 1. The number of aromatic hydroxyl groups is 1. The number of hydrogen-bond acceptors (Lipinski definition) is 9. The normalized spacial score (nSPS) is 23.4. The molecular formula is C36H39F3N6O4. The number of fused-ring (bicyclic) bond motifs is 3. The first-order valence-corrected chi connectivity index (χ1v) is 16.8. The van der Waals surface area contributed by atoms with Crippen molar-refractivity contribution < 1.29 is 32.6 Å². The van der Waals surface area contributed by atoms with Gasteiger partial charge in [-0.2, -0.15) is 9.97 Å². The van der Waals surface area contributed by atoms with E-state index in [1.807, 2.05) is 0 Å². The summed E-state index contributed by atoms with van der Waals surface area (Å²) in [5.74, 6) is -1.74. The van der Waals surface area contributed by atoms with Crippen LogP contribution < -0.4 is 10.1 Å². The van der Waals surface area contributed by atoms with E-state index in [1.165, 1.54) is 44.4 Å². The Labute approximate surface area is 281 Å². The molecule has 10 nitrogen and oxygen atoms in total. The SMILES string of the molecule is CCc1c(F)ccc2cc(O)cc(-c3ncc4c(NCC5CC(C(=O)N(C)C(C)=O)C5)nc(OC[C@@]56CCCN5C[C@H](F)C6)nc4c3F)c12. The Hall–Kier alpha value is -4.52. The van der Waals surface area contributed by atoms with Gasteiger partial charge in [-0.15, -0.1) is 0 Å². The number of phenolic OH excluding ortho intramolecular Hbond substituents is 1. The number of nitrogens with one attached hydrogen (secondary N) is 1. The number of aromatic nitrogens is 3. The molecule has 4 aromatic rings. The van der Waals surface area contributed by atoms with Crippen LogP contribution in [0, 0.1) is 23.5 Å². The third-order valence-electron chi connectivity index (χ3n) is 10.6. The van der Waals surface area contributed by atoms with Gasteiger partial charge in [0.15, 0.2) is 5.82 Å². The molecule has 13 heteroatoms. The number of anilines is 1. The maximum absolute atomic E-state index is 16.7. The number of hydrogen-bond donors (Lipinski definition) is 2. The molecule has 2 aliphatic heterocycles. The Morgan fingerprint density at radius 2 is 2.00 bits per heavy atom. The summed E-state index contributed by atoms with van der Waals surface area (Å²) in [5, 5.41) is 15.1. The van der Waals surface area contributed by atoms with E-state index >= 15 is 4.39 Å². The van der Waals surface area contributed by atoms with Crippen molar-refractivity contribution in [1.82, 2.24) is 24.8 Å². The van der Waals surface area contributed by atoms with E-state index in [9.17, 15) is 23.5 Å². The molecule has 4 heterocycles. The number of carbonyl (C=O) groups is 2. The predicted molar refractivity (Wildman–Crippen MR) is 178 cm³/mol. The summed E-state index contributed by atoms with van der Waals surface area (Å²) >= 11 is 0. The average molecular weight is 677 g/mol. The molecule has 2 amide bonds. The summed E-state index contributed by atoms with van der Waals surface area (Å²) in [6, 6.07) is 5.65. The van der Waals surface area contributed by atoms with Crippen molar-refractivity contribution in [1.29, 1.82) is 0 Å². The third kappa shape index (κ3) is 5.91. The molecule has 2 saturated heterocycles. The van der Waals surface area contributed by atoms with Crippen LogP contribution in [0.4, 0.5) is 19.0 Å². The van der Waals surface area contributed by atoms with Gasteiger partial charge in [-0.25, -0.2) is 13.2 Å². The Balaban J connectivity index is 1.25. The smallest absolute Gasteiger partial charge is 0.319 e. The van der Waals surface area contributed by atoms with Gasteiger partial charge in [0.25, 0.3) is 0 Å². The van der Waals surface area contributed by atoms with Gasteiger partial charge in [0.2, 0.25) is 11.8 Å². The topological polar surface area (TPSA) is 121 Å². The summed E-state index contributed by atoms with van der Waals surface area (Å²) in [5.41, 5.74) is -0.0747. The molecular weight excluding hydrogens is 637 g/mol. The molecule has 2 aromatic carbocycles. The van der Waals surface area contributed by atoms with Crippen molar-refractivity contribution in [3.05, 3.63) is 47.7 Å². The van der Waals surface area contributed by atoms with Gasteiger partial charge in [0.1, 0.15) is 41.4 Å². The molecule has 0 spiro atoms. The third-order valence-corrected chi connectivity index (χ3v) is 10.6. The van der Waals surface area contributed by atoms with Crippen LogP contribution in [0.25, 0.3) is 32.9 Å². The molecule has 2 aromatic heterocycles. The highest BCUT2D eigenvalue weighted by molar-refractivity contribution is 6.01. The molecule has 3 fully saturated rings. The number of amides is 2. The fourth-order valence-electron chi connectivity index (χ4n) is 7.88. The second-order valence-corrected chi connectivity index (χ2v) is 13.7. The van der Waals surface area contributed by atoms with Crippen molar-refractivity contribution in [3.63, 3.8) is 0 Å². The number of alkyl halides is 1. The fraction of sp³-hybridized carbons (Fsp3) is 0.472. The molecule has 0 bridgehead atoms. The first kappa shape index (κ1) is 33.0. The van der Waals surface area contributed by atoms with Crippen LogP contribution in [-0.4, -0.2) is 86.7 Å². The van der Waals surface area contributed by atoms with Crippen LogP contribution in [-0.2, 0) is 16.0 Å². The maximum atomic E-state index is 16.7. The summed E-state index contributed by atoms with van der Waals surface area (Å²) in [4.78, 5) is 41.0. The molecule has 2 N–H and O–H groups in total. The van der Waals surface area contributed by atoms with Gasteiger partial charge in [0, 0.05) is 51.2 Å². The zero-order valence-corrected chi connectivity index (χ0v) is 27.7. The van der Waals surface area contributed by atoms with Crippen LogP contribution in [0.3, 0.4) is 0 Å². The van der Waals surface area contributed by atoms with Crippen LogP contribution in [0.2, 0.25) is 0 Å². The van der Waals surface area contributed by atoms with Crippen LogP contribution >= 0.6 is 0 Å². The Morgan fingerprint density at radius 1 is 1.20 bits per heavy atom. The zero-order valence-electron chi connectivity index (χ0n) is 27.7. The van der Waals surface area contributed by atoms with Crippen molar-refractivity contribution in [2.75, 3.05) is 38.6 Å². The largest absolute Gasteiger partial charge is 0.508 e. The van der Waals surface area contributed by atoms with E-state index in [-0.39, 0.29) is 70.0 Å². The highest BCUT2D eigenvalue weighted by Gasteiger charge is 2.49. The summed E-state index contributed by atoms with van der Waals surface area (Å²) in [7, 11) is 1.48. The molecule has 1 aliphatic carbocycles. The van der Waals surface area contributed by atoms with E-state index in [1.54, 1.807) is 6.92 Å². The minimum atomic E-state index is -0.951. The van der Waals surface area contributed by atoms with Crippen molar-refractivity contribution in [3.8, 4) is 23.0 Å². The van der Waals surface area contributed by atoms with Crippen molar-refractivity contribution in [2.45, 2.75) is 64.1 Å². The van der Waals surface area contributed by atoms with E-state index in [0.29, 0.717) is 55.1 Å². The fourth-order valence-corrected chi connectivity index (χ4v) is 7.88. The lowest BCUT2D eigenvalue weighted by Crippen LogP contribution is -2.43. The first-order chi connectivity index (χ1) is 23.5. The van der Waals surface area contributed by atoms with Gasteiger partial charge >= 0.3 is 6.01 Å². The lowest BCUT2D eigenvalue weighted by atomic mass is 9.74. The number of ether oxygens (including phenoxy) is 1. The number of halogens is 3. The maximum Gasteiger partial charge on any atom is 0.319 e. The van der Waals surface area contributed by atoms with Crippen LogP contribution in [0.1, 0.15) is 51.5 Å². The van der Waals surface area contributed by atoms with E-state index in [0.717, 1.165) is 24.3 Å². The van der Waals surface area contributed by atoms with Crippen LogP contribution in [0.5, 0.6) is 11.8 Å². The first-order valence-electron chi connectivity index (χ1n) is 16.8. The molecule has 0 radical (unpaired) electrons. The molecule has 0 unspecified atom stereocenters. The predicted octanol–water partition coefficient (Wildman–Crippen LogP) is 5.79. The molecule has 2 atom stereocenters. The number of phenols is 1. The van der Waals surface area contributed by atoms with E-state index in [4.69, 9.17) is 4.74 Å². The van der Waals surface area contributed by atoms with Gasteiger partial charge < -0.3 is 15.2 Å². The molecule has 3 aliphatic rings. The molecule has 7 rings (SSSR count). The monoisotopic (exact) mass is 676 g/mol. The summed E-state index contributed by atoms with van der Waals surface area (Å²) in [6.45, 7) is 4.85. The van der Waals surface area contributed by atoms with E-state index in [2.05, 4.69) is 25.2 Å². The highest BCUT2D eigenvalue weighted by atomic mass is 19.1. The number of carbonyl (C=O) groups excluding carboxylic acids is 2. The van der Waals surface area contributed by atoms with Crippen LogP contribution in [0.15, 0.2) is 30.5 Å². The average Bonchev–Trinajstić information content (AvgIpc) is 3.58. The second kappa shape index (κ2) is 12.7. The van der Waals surface area contributed by atoms with Gasteiger partial charge in [-0.1, -0.05) is 13.0 Å². The quantitative estimate of drug-likeness (QED) is 0.227. The number of benzene rings is 2. The lowest BCUT2D eigenvalue weighted by molar-refractivity contribution is -0.147. The summed E-state index contributed by atoms with van der Waals surface area (Å²) in [6.07, 6.45) is 4.03. The van der Waals surface area contributed by atoms with Gasteiger partial charge in [-0.05, 0) is 79.1 Å². The van der Waals surface area contributed by atoms with Gasteiger partial charge in [-0.3, -0.25) is 24.4 Å². The summed E-state index contributed by atoms with van der Waals surface area (Å²) < 4.78 is 52.3. The number of rotatable bonds is 9. The van der Waals surface area contributed by atoms with Crippen molar-refractivity contribution >= 4 is 39.3 Å². The molecule has 258 valence electrons. The van der Waals surface area contributed by atoms with E-state index < -0.39 is 23.3 Å². The minimum Gasteiger partial charge on any atom is -0.508 e.